The number of allylic oxidation sites excluding steroid dienone is 2. The molecule has 14 atom stereocenters. The molecule has 0 aromatic heterocycles. The summed E-state index contributed by atoms with van der Waals surface area (Å²) in [4.78, 5) is 30.8. The zero-order chi connectivity index (χ0) is 45.9. The van der Waals surface area contributed by atoms with Crippen LogP contribution in [0.5, 0.6) is 0 Å². The van der Waals surface area contributed by atoms with E-state index in [-0.39, 0.29) is 72.3 Å². The first-order valence-electron chi connectivity index (χ1n) is 24.0. The number of nitrogens with one attached hydrogen (secondary N) is 1. The number of aliphatic hydroxyl groups excluding tert-OH is 4. The standard InChI is InChI=1S/C24H41NO3.C20H35NO2.C4H8O2.C2H4O2.CH4/c1-5-6-22(28)25-14-19-20-8-7-16(2)23(20,3)12-10-21(19)24(4)11-9-18(27)13-17(24)15-26;1-13-4-5-17-16(11-21)18(7-9-19(13,17)2)20(3)8-6-15(23)10-14(20)12-22;1-2-3-4(5)6;1-2(3)4;/h17-21,26-27H,2,5-15H2,1,3-4H3,(H,25,28);14-18,22-23H,1,4-12,21H2,2-3H3;2-3H2,1H3,(H,5,6);1H3,(H,3,4);1H4/t17-,18+,19+,20+,21+,23-,24+;14-,15+,16+,17+,18+,19-,20+;;;/m11.../s1. The van der Waals surface area contributed by atoms with Crippen molar-refractivity contribution in [2.75, 3.05) is 26.3 Å². The van der Waals surface area contributed by atoms with Crippen LogP contribution in [0.3, 0.4) is 0 Å². The summed E-state index contributed by atoms with van der Waals surface area (Å²) in [6, 6.07) is 0. The van der Waals surface area contributed by atoms with Crippen molar-refractivity contribution in [3.05, 3.63) is 24.3 Å². The number of hydrogen-bond donors (Lipinski definition) is 8. The summed E-state index contributed by atoms with van der Waals surface area (Å²) in [5.74, 6) is 2.18. The second-order valence-corrected chi connectivity index (χ2v) is 21.0. The summed E-state index contributed by atoms with van der Waals surface area (Å²) in [5, 5.41) is 58.9. The summed E-state index contributed by atoms with van der Waals surface area (Å²) in [7, 11) is 0. The van der Waals surface area contributed by atoms with Crippen molar-refractivity contribution < 1.29 is 45.0 Å². The fourth-order valence-corrected chi connectivity index (χ4v) is 13.7. The van der Waals surface area contributed by atoms with Crippen LogP contribution in [0.25, 0.3) is 0 Å². The highest BCUT2D eigenvalue weighted by molar-refractivity contribution is 5.75. The van der Waals surface area contributed by atoms with E-state index in [2.05, 4.69) is 46.2 Å². The molecule has 1 amide bonds. The van der Waals surface area contributed by atoms with Gasteiger partial charge >= 0.3 is 5.97 Å². The smallest absolute Gasteiger partial charge is 0.303 e. The molecule has 62 heavy (non-hydrogen) atoms. The Kier molecular flexibility index (Phi) is 21.9. The Morgan fingerprint density at radius 2 is 1.08 bits per heavy atom. The molecular formula is C51H92N2O9. The van der Waals surface area contributed by atoms with Gasteiger partial charge < -0.3 is 41.7 Å². The van der Waals surface area contributed by atoms with E-state index >= 15 is 0 Å². The van der Waals surface area contributed by atoms with Gasteiger partial charge in [-0.15, -0.1) is 0 Å². The Morgan fingerprint density at radius 3 is 1.44 bits per heavy atom. The average molecular weight is 877 g/mol. The number of amides is 1. The minimum atomic E-state index is -0.833. The van der Waals surface area contributed by atoms with Crippen molar-refractivity contribution in [2.24, 2.45) is 74.7 Å². The predicted molar refractivity (Wildman–Crippen MR) is 249 cm³/mol. The third-order valence-corrected chi connectivity index (χ3v) is 17.7. The van der Waals surface area contributed by atoms with Crippen LogP contribution >= 0.6 is 0 Å². The summed E-state index contributed by atoms with van der Waals surface area (Å²) in [5.41, 5.74) is 9.73. The van der Waals surface area contributed by atoms with Crippen LogP contribution in [-0.4, -0.2) is 87.0 Å². The molecule has 0 aliphatic heterocycles. The van der Waals surface area contributed by atoms with Gasteiger partial charge in [-0.05, 0) is 178 Å². The first-order chi connectivity index (χ1) is 28.6. The van der Waals surface area contributed by atoms with Crippen LogP contribution in [0, 0.1) is 69.0 Å². The van der Waals surface area contributed by atoms with Gasteiger partial charge in [-0.2, -0.15) is 0 Å². The van der Waals surface area contributed by atoms with Crippen LogP contribution in [0.2, 0.25) is 0 Å². The van der Waals surface area contributed by atoms with Gasteiger partial charge in [-0.25, -0.2) is 0 Å². The summed E-state index contributed by atoms with van der Waals surface area (Å²) in [6.07, 6.45) is 16.5. The van der Waals surface area contributed by atoms with Crippen LogP contribution in [0.4, 0.5) is 0 Å². The van der Waals surface area contributed by atoms with Crippen molar-refractivity contribution in [2.45, 2.75) is 184 Å². The van der Waals surface area contributed by atoms with Crippen molar-refractivity contribution >= 4 is 17.8 Å². The van der Waals surface area contributed by atoms with E-state index in [1.54, 1.807) is 0 Å². The topological polar surface area (TPSA) is 211 Å². The van der Waals surface area contributed by atoms with E-state index in [9.17, 15) is 30.0 Å². The largest absolute Gasteiger partial charge is 0.481 e. The SMILES string of the molecule is C.C=C1CC[C@H]2[C@H](CN)[C@@H]([C@@]3(C)CC[C@H](O)C[C@@H]3CO)CC[C@]12C.C=C1CC[C@H]2[C@H](CNC(=O)CCC)[C@@H]([C@@]3(C)CC[C@H](O)C[C@@H]3CO)CC[C@]12C.CC(=O)O.CCCC(=O)O. The summed E-state index contributed by atoms with van der Waals surface area (Å²) < 4.78 is 0. The quantitative estimate of drug-likeness (QED) is 0.0925. The number of aliphatic carboxylic acids is 2. The van der Waals surface area contributed by atoms with Gasteiger partial charge in [0, 0.05) is 39.5 Å². The molecule has 0 aromatic rings. The number of carbonyl (C=O) groups excluding carboxylic acids is 1. The van der Waals surface area contributed by atoms with Gasteiger partial charge in [0.2, 0.25) is 5.91 Å². The molecule has 6 aliphatic carbocycles. The minimum absolute atomic E-state index is 0. The molecule has 0 saturated heterocycles. The number of carboxylic acid groups (broad SMARTS) is 2. The van der Waals surface area contributed by atoms with Crippen molar-refractivity contribution in [3.63, 3.8) is 0 Å². The maximum Gasteiger partial charge on any atom is 0.303 e. The molecule has 360 valence electrons. The highest BCUT2D eigenvalue weighted by Gasteiger charge is 2.58. The molecule has 0 spiro atoms. The van der Waals surface area contributed by atoms with Crippen LogP contribution in [0.15, 0.2) is 24.3 Å². The second kappa shape index (κ2) is 24.3. The van der Waals surface area contributed by atoms with Crippen LogP contribution in [0.1, 0.15) is 171 Å². The number of carboxylic acids is 2. The number of aliphatic hydroxyl groups is 4. The zero-order valence-corrected chi connectivity index (χ0v) is 39.2. The molecule has 6 saturated carbocycles. The first-order valence-corrected chi connectivity index (χ1v) is 24.0. The third-order valence-electron chi connectivity index (χ3n) is 17.7. The molecule has 9 N–H and O–H groups in total. The molecule has 0 aromatic carbocycles. The Bertz CT molecular complexity index is 1470. The molecule has 11 heteroatoms. The fourth-order valence-electron chi connectivity index (χ4n) is 13.7. The highest BCUT2D eigenvalue weighted by Crippen LogP contribution is 2.65. The van der Waals surface area contributed by atoms with E-state index in [0.717, 1.165) is 90.6 Å². The Hall–Kier alpha value is -2.31. The lowest BCUT2D eigenvalue weighted by Gasteiger charge is -2.56. The molecule has 6 fully saturated rings. The summed E-state index contributed by atoms with van der Waals surface area (Å²) >= 11 is 0. The lowest BCUT2D eigenvalue weighted by atomic mass is 9.49. The summed E-state index contributed by atoms with van der Waals surface area (Å²) in [6.45, 7) is 25.1. The molecule has 0 radical (unpaired) electrons. The van der Waals surface area contributed by atoms with Gasteiger partial charge in [0.05, 0.1) is 12.2 Å². The molecule has 6 aliphatic rings. The minimum Gasteiger partial charge on any atom is -0.481 e. The van der Waals surface area contributed by atoms with Crippen LogP contribution in [-0.2, 0) is 14.4 Å². The van der Waals surface area contributed by atoms with Gasteiger partial charge in [0.25, 0.3) is 5.97 Å². The van der Waals surface area contributed by atoms with E-state index < -0.39 is 11.9 Å². The Labute approximate surface area is 376 Å². The normalized spacial score (nSPS) is 39.7. The maximum absolute atomic E-state index is 12.2. The molecule has 0 bridgehead atoms. The lowest BCUT2D eigenvalue weighted by Crippen LogP contribution is -2.53. The average Bonchev–Trinajstić information content (AvgIpc) is 3.68. The van der Waals surface area contributed by atoms with Crippen molar-refractivity contribution in [3.8, 4) is 0 Å². The van der Waals surface area contributed by atoms with E-state index in [0.29, 0.717) is 54.8 Å². The molecule has 0 heterocycles. The molecule has 6 rings (SSSR count). The van der Waals surface area contributed by atoms with Gasteiger partial charge in [0.15, 0.2) is 0 Å². The first kappa shape index (κ1) is 55.8. The van der Waals surface area contributed by atoms with Gasteiger partial charge in [-0.1, -0.05) is 73.3 Å². The number of nitrogens with two attached hydrogens (primary N) is 1. The van der Waals surface area contributed by atoms with Gasteiger partial charge in [-0.3, -0.25) is 14.4 Å². The molecule has 0 unspecified atom stereocenters. The van der Waals surface area contributed by atoms with E-state index in [1.165, 1.54) is 36.8 Å². The Balaban J connectivity index is 0.000000350. The van der Waals surface area contributed by atoms with E-state index in [4.69, 9.17) is 20.7 Å². The fraction of sp³-hybridized carbons (Fsp3) is 0.863. The van der Waals surface area contributed by atoms with Crippen LogP contribution < -0.4 is 11.1 Å². The molecular weight excluding hydrogens is 785 g/mol. The highest BCUT2D eigenvalue weighted by atomic mass is 16.4. The zero-order valence-electron chi connectivity index (χ0n) is 39.2. The Morgan fingerprint density at radius 1 is 0.677 bits per heavy atom. The van der Waals surface area contributed by atoms with Crippen molar-refractivity contribution in [1.82, 2.24) is 5.32 Å². The molecule has 11 nitrogen and oxygen atoms in total. The predicted octanol–water partition coefficient (Wildman–Crippen LogP) is 8.76. The third kappa shape index (κ3) is 12.7. The van der Waals surface area contributed by atoms with E-state index in [1.807, 2.05) is 13.8 Å². The van der Waals surface area contributed by atoms with Gasteiger partial charge in [0.1, 0.15) is 0 Å². The number of fused-ring (bicyclic) bond motifs is 2. The maximum atomic E-state index is 12.2. The number of carbonyl (C=O) groups is 3. The second-order valence-electron chi connectivity index (χ2n) is 21.0. The van der Waals surface area contributed by atoms with Crippen molar-refractivity contribution in [1.29, 1.82) is 0 Å². The lowest BCUT2D eigenvalue weighted by molar-refractivity contribution is -0.137. The number of hydrogen-bond acceptors (Lipinski definition) is 8. The number of rotatable bonds is 11. The monoisotopic (exact) mass is 877 g/mol.